The molecule has 3 aromatic rings. The molecule has 0 amide bonds. The number of ether oxygens (including phenoxy) is 4. The molecule has 0 aliphatic rings. The topological polar surface area (TPSA) is 71.1 Å². The van der Waals surface area contributed by atoms with Crippen molar-refractivity contribution < 1.29 is 28.5 Å². The predicted octanol–water partition coefficient (Wildman–Crippen LogP) is 5.64. The summed E-state index contributed by atoms with van der Waals surface area (Å²) in [5.41, 5.74) is 3.72. The highest BCUT2D eigenvalue weighted by Crippen LogP contribution is 2.40. The first-order valence-corrected chi connectivity index (χ1v) is 9.66. The highest BCUT2D eigenvalue weighted by Gasteiger charge is 2.31. The van der Waals surface area contributed by atoms with Crippen molar-refractivity contribution in [1.82, 2.24) is 0 Å². The summed E-state index contributed by atoms with van der Waals surface area (Å²) in [7, 11) is 2.53. The van der Waals surface area contributed by atoms with Crippen molar-refractivity contribution in [2.45, 2.75) is 19.3 Å². The summed E-state index contributed by atoms with van der Waals surface area (Å²) in [6, 6.07) is 22.9. The molecule has 0 aliphatic heterocycles. The summed E-state index contributed by atoms with van der Waals surface area (Å²) in [6.45, 7) is 4.16. The minimum absolute atomic E-state index is 0.392. The van der Waals surface area contributed by atoms with E-state index in [-0.39, 0.29) is 0 Å². The third kappa shape index (κ3) is 4.86. The summed E-state index contributed by atoms with van der Waals surface area (Å²) < 4.78 is 19.3. The second-order valence-corrected chi connectivity index (χ2v) is 7.15. The number of hydrogen-bond acceptors (Lipinski definition) is 6. The molecule has 0 aliphatic carbocycles. The zero-order valence-electron chi connectivity index (χ0n) is 17.9. The molecule has 0 bridgehead atoms. The van der Waals surface area contributed by atoms with E-state index in [1.54, 1.807) is 24.3 Å². The number of aryl methyl sites for hydroxylation is 1. The molecule has 0 atom stereocenters. The van der Waals surface area contributed by atoms with E-state index in [4.69, 9.17) is 9.47 Å². The van der Waals surface area contributed by atoms with Crippen LogP contribution in [0.3, 0.4) is 0 Å². The number of rotatable bonds is 5. The van der Waals surface area contributed by atoms with E-state index in [0.29, 0.717) is 11.5 Å². The van der Waals surface area contributed by atoms with Gasteiger partial charge in [0.2, 0.25) is 0 Å². The van der Waals surface area contributed by atoms with Crippen LogP contribution in [0.4, 0.5) is 9.59 Å². The molecule has 0 fully saturated rings. The Morgan fingerprint density at radius 2 is 0.935 bits per heavy atom. The van der Waals surface area contributed by atoms with Crippen LogP contribution in [0.1, 0.15) is 29.2 Å². The SMILES string of the molecule is COC(=O)Oc1ccc(C(C)(c2ccc(C)cc2)c2ccc(OC(=O)OC)cc2)cc1. The number of carbonyl (C=O) groups is 2. The summed E-state index contributed by atoms with van der Waals surface area (Å²) >= 11 is 0. The lowest BCUT2D eigenvalue weighted by Crippen LogP contribution is -2.25. The lowest BCUT2D eigenvalue weighted by atomic mass is 9.71. The Morgan fingerprint density at radius 3 is 1.26 bits per heavy atom. The minimum atomic E-state index is -0.768. The minimum Gasteiger partial charge on any atom is -0.437 e. The van der Waals surface area contributed by atoms with Gasteiger partial charge in [0.25, 0.3) is 0 Å². The standard InChI is InChI=1S/C25H24O6/c1-17-5-7-18(8-6-17)25(2,19-9-13-21(14-10-19)30-23(26)28-3)20-11-15-22(16-12-20)31-24(27)29-4/h5-16H,1-4H3. The van der Waals surface area contributed by atoms with E-state index < -0.39 is 17.7 Å². The van der Waals surface area contributed by atoms with Gasteiger partial charge in [-0.05, 0) is 54.8 Å². The van der Waals surface area contributed by atoms with Gasteiger partial charge in [0.05, 0.1) is 14.2 Å². The summed E-state index contributed by atoms with van der Waals surface area (Å²) in [5.74, 6) is 0.785. The fraction of sp³-hybridized carbons (Fsp3) is 0.200. The lowest BCUT2D eigenvalue weighted by molar-refractivity contribution is 0.120. The predicted molar refractivity (Wildman–Crippen MR) is 116 cm³/mol. The van der Waals surface area contributed by atoms with Crippen molar-refractivity contribution in [3.05, 3.63) is 95.1 Å². The van der Waals surface area contributed by atoms with Crippen LogP contribution in [-0.2, 0) is 14.9 Å². The lowest BCUT2D eigenvalue weighted by Gasteiger charge is -2.32. The summed E-state index contributed by atoms with van der Waals surface area (Å²) in [6.07, 6.45) is -1.54. The normalized spacial score (nSPS) is 10.8. The fourth-order valence-corrected chi connectivity index (χ4v) is 3.38. The summed E-state index contributed by atoms with van der Waals surface area (Å²) in [4.78, 5) is 22.8. The molecule has 160 valence electrons. The molecule has 6 nitrogen and oxygen atoms in total. The molecule has 0 heterocycles. The van der Waals surface area contributed by atoms with Crippen LogP contribution in [0, 0.1) is 6.92 Å². The Kier molecular flexibility index (Phi) is 6.60. The van der Waals surface area contributed by atoms with Crippen molar-refractivity contribution in [3.8, 4) is 11.5 Å². The van der Waals surface area contributed by atoms with E-state index in [9.17, 15) is 9.59 Å². The fourth-order valence-electron chi connectivity index (χ4n) is 3.38. The average molecular weight is 420 g/mol. The zero-order valence-corrected chi connectivity index (χ0v) is 17.9. The van der Waals surface area contributed by atoms with Crippen molar-refractivity contribution in [2.24, 2.45) is 0 Å². The zero-order chi connectivity index (χ0) is 22.4. The van der Waals surface area contributed by atoms with Gasteiger partial charge < -0.3 is 18.9 Å². The van der Waals surface area contributed by atoms with Gasteiger partial charge in [0, 0.05) is 5.41 Å². The van der Waals surface area contributed by atoms with Gasteiger partial charge in [-0.15, -0.1) is 0 Å². The van der Waals surface area contributed by atoms with E-state index >= 15 is 0 Å². The molecule has 31 heavy (non-hydrogen) atoms. The first-order valence-electron chi connectivity index (χ1n) is 9.66. The van der Waals surface area contributed by atoms with Gasteiger partial charge in [-0.25, -0.2) is 9.59 Å². The van der Waals surface area contributed by atoms with E-state index in [0.717, 1.165) is 22.3 Å². The Balaban J connectivity index is 2.03. The van der Waals surface area contributed by atoms with E-state index in [1.165, 1.54) is 14.2 Å². The molecular weight excluding hydrogens is 396 g/mol. The van der Waals surface area contributed by atoms with Crippen LogP contribution in [-0.4, -0.2) is 26.5 Å². The van der Waals surface area contributed by atoms with Gasteiger partial charge in [0.1, 0.15) is 11.5 Å². The molecule has 0 spiro atoms. The Morgan fingerprint density at radius 1 is 0.613 bits per heavy atom. The third-order valence-electron chi connectivity index (χ3n) is 5.23. The van der Waals surface area contributed by atoms with E-state index in [1.807, 2.05) is 31.2 Å². The monoisotopic (exact) mass is 420 g/mol. The smallest absolute Gasteiger partial charge is 0.437 e. The van der Waals surface area contributed by atoms with Crippen LogP contribution in [0.2, 0.25) is 0 Å². The Hall–Kier alpha value is -3.80. The van der Waals surface area contributed by atoms with Crippen LogP contribution in [0.15, 0.2) is 72.8 Å². The molecule has 0 N–H and O–H groups in total. The molecule has 0 saturated carbocycles. The quantitative estimate of drug-likeness (QED) is 0.302. The average Bonchev–Trinajstić information content (AvgIpc) is 2.79. The maximum absolute atomic E-state index is 11.4. The number of hydrogen-bond donors (Lipinski definition) is 0. The van der Waals surface area contributed by atoms with Gasteiger partial charge in [0.15, 0.2) is 0 Å². The van der Waals surface area contributed by atoms with E-state index in [2.05, 4.69) is 40.7 Å². The highest BCUT2D eigenvalue weighted by atomic mass is 16.7. The molecule has 0 saturated heterocycles. The largest absolute Gasteiger partial charge is 0.513 e. The highest BCUT2D eigenvalue weighted by molar-refractivity contribution is 5.64. The van der Waals surface area contributed by atoms with Crippen molar-refractivity contribution in [1.29, 1.82) is 0 Å². The molecule has 3 rings (SSSR count). The molecule has 6 heteroatoms. The third-order valence-corrected chi connectivity index (χ3v) is 5.23. The molecule has 3 aromatic carbocycles. The van der Waals surface area contributed by atoms with Gasteiger partial charge in [-0.3, -0.25) is 0 Å². The van der Waals surface area contributed by atoms with Gasteiger partial charge in [-0.2, -0.15) is 0 Å². The molecule has 0 unspecified atom stereocenters. The second kappa shape index (κ2) is 9.34. The van der Waals surface area contributed by atoms with Crippen LogP contribution >= 0.6 is 0 Å². The van der Waals surface area contributed by atoms with Crippen molar-refractivity contribution in [3.63, 3.8) is 0 Å². The maximum atomic E-state index is 11.4. The second-order valence-electron chi connectivity index (χ2n) is 7.15. The molecule has 0 radical (unpaired) electrons. The van der Waals surface area contributed by atoms with Crippen LogP contribution in [0.5, 0.6) is 11.5 Å². The van der Waals surface area contributed by atoms with Crippen LogP contribution in [0.25, 0.3) is 0 Å². The van der Waals surface area contributed by atoms with Crippen molar-refractivity contribution >= 4 is 12.3 Å². The summed E-state index contributed by atoms with van der Waals surface area (Å²) in [5, 5.41) is 0. The maximum Gasteiger partial charge on any atom is 0.513 e. The Bertz CT molecular complexity index is 975. The molecular formula is C25H24O6. The number of methoxy groups -OCH3 is 2. The molecule has 0 aromatic heterocycles. The number of carbonyl (C=O) groups excluding carboxylic acids is 2. The number of benzene rings is 3. The first kappa shape index (κ1) is 21.9. The van der Waals surface area contributed by atoms with Gasteiger partial charge >= 0.3 is 12.3 Å². The van der Waals surface area contributed by atoms with Gasteiger partial charge in [-0.1, -0.05) is 54.1 Å². The van der Waals surface area contributed by atoms with Crippen LogP contribution < -0.4 is 9.47 Å². The van der Waals surface area contributed by atoms with Crippen molar-refractivity contribution in [2.75, 3.05) is 14.2 Å². The Labute approximate surface area is 181 Å². The first-order chi connectivity index (χ1) is 14.9.